The average Bonchev–Trinajstić information content (AvgIpc) is 2.50. The summed E-state index contributed by atoms with van der Waals surface area (Å²) in [5.41, 5.74) is 6.49. The van der Waals surface area contributed by atoms with Crippen LogP contribution >= 0.6 is 12.4 Å². The summed E-state index contributed by atoms with van der Waals surface area (Å²) in [7, 11) is -3.53. The fourth-order valence-corrected chi connectivity index (χ4v) is 3.47. The van der Waals surface area contributed by atoms with Crippen LogP contribution in [-0.2, 0) is 10.0 Å². The third-order valence-corrected chi connectivity index (χ3v) is 4.75. The van der Waals surface area contributed by atoms with E-state index >= 15 is 0 Å². The molecule has 0 fully saturated rings. The van der Waals surface area contributed by atoms with Crippen molar-refractivity contribution < 1.29 is 12.8 Å². The molecule has 1 atom stereocenters. The summed E-state index contributed by atoms with van der Waals surface area (Å²) < 4.78 is 38.4. The second-order valence-corrected chi connectivity index (χ2v) is 6.75. The van der Waals surface area contributed by atoms with Crippen LogP contribution in [0, 0.1) is 0 Å². The van der Waals surface area contributed by atoms with E-state index in [0.29, 0.717) is 0 Å². The molecule has 3 N–H and O–H groups in total. The van der Waals surface area contributed by atoms with Gasteiger partial charge in [0.1, 0.15) is 0 Å². The van der Waals surface area contributed by atoms with E-state index in [9.17, 15) is 12.8 Å². The highest BCUT2D eigenvalue weighted by atomic mass is 35.5. The number of fused-ring (bicyclic) bond motifs is 1. The molecule has 0 saturated carbocycles. The lowest BCUT2D eigenvalue weighted by atomic mass is 10.0. The smallest absolute Gasteiger partial charge is 0.212 e. The first-order chi connectivity index (χ1) is 10.1. The van der Waals surface area contributed by atoms with Crippen LogP contribution in [0.3, 0.4) is 0 Å². The molecule has 0 heterocycles. The Kier molecular flexibility index (Phi) is 7.22. The minimum absolute atomic E-state index is 0. The van der Waals surface area contributed by atoms with Crippen molar-refractivity contribution in [2.24, 2.45) is 5.73 Å². The Labute approximate surface area is 136 Å². The van der Waals surface area contributed by atoms with Gasteiger partial charge < -0.3 is 5.73 Å². The molecule has 0 radical (unpaired) electrons. The Balaban J connectivity index is 0.00000242. The third kappa shape index (κ3) is 4.91. The number of sulfonamides is 1. The van der Waals surface area contributed by atoms with Gasteiger partial charge in [0, 0.05) is 6.54 Å². The highest BCUT2D eigenvalue weighted by Gasteiger charge is 2.18. The predicted octanol–water partition coefficient (Wildman–Crippen LogP) is 2.54. The molecule has 0 aliphatic carbocycles. The van der Waals surface area contributed by atoms with Crippen molar-refractivity contribution >= 4 is 33.2 Å². The summed E-state index contributed by atoms with van der Waals surface area (Å²) >= 11 is 0. The Hall–Kier alpha value is -1.21. The van der Waals surface area contributed by atoms with Crippen molar-refractivity contribution in [1.29, 1.82) is 0 Å². The van der Waals surface area contributed by atoms with E-state index in [2.05, 4.69) is 4.72 Å². The molecule has 2 aromatic carbocycles. The molecular weight excluding hydrogens is 327 g/mol. The molecule has 0 aromatic heterocycles. The van der Waals surface area contributed by atoms with Crippen LogP contribution in [0.15, 0.2) is 42.5 Å². The van der Waals surface area contributed by atoms with E-state index in [0.717, 1.165) is 16.3 Å². The van der Waals surface area contributed by atoms with Crippen molar-refractivity contribution in [1.82, 2.24) is 4.72 Å². The Morgan fingerprint density at radius 3 is 2.45 bits per heavy atom. The molecular formula is C15H20ClFN2O2S. The number of halogens is 2. The highest BCUT2D eigenvalue weighted by Crippen LogP contribution is 2.20. The molecule has 0 amide bonds. The van der Waals surface area contributed by atoms with Gasteiger partial charge in [-0.3, -0.25) is 4.39 Å². The molecule has 22 heavy (non-hydrogen) atoms. The van der Waals surface area contributed by atoms with Crippen LogP contribution < -0.4 is 10.5 Å². The quantitative estimate of drug-likeness (QED) is 0.809. The van der Waals surface area contributed by atoms with Gasteiger partial charge in [-0.15, -0.1) is 12.4 Å². The summed E-state index contributed by atoms with van der Waals surface area (Å²) in [4.78, 5) is 0. The van der Waals surface area contributed by atoms with Crippen molar-refractivity contribution in [3.05, 3.63) is 48.0 Å². The molecule has 7 heteroatoms. The molecule has 4 nitrogen and oxygen atoms in total. The van der Waals surface area contributed by atoms with Crippen LogP contribution in [-0.4, -0.2) is 27.4 Å². The van der Waals surface area contributed by atoms with E-state index in [4.69, 9.17) is 5.73 Å². The Morgan fingerprint density at radius 1 is 1.14 bits per heavy atom. The minimum atomic E-state index is -3.53. The van der Waals surface area contributed by atoms with Crippen LogP contribution in [0.2, 0.25) is 0 Å². The number of alkyl halides is 1. The topological polar surface area (TPSA) is 72.2 Å². The third-order valence-electron chi connectivity index (χ3n) is 3.28. The minimum Gasteiger partial charge on any atom is -0.329 e. The maximum absolute atomic E-state index is 12.1. The number of nitrogens with one attached hydrogen (secondary N) is 1. The normalized spacial score (nSPS) is 12.8. The lowest BCUT2D eigenvalue weighted by molar-refractivity contribution is 0.481. The maximum Gasteiger partial charge on any atom is 0.212 e. The van der Waals surface area contributed by atoms with Gasteiger partial charge in [0.25, 0.3) is 0 Å². The summed E-state index contributed by atoms with van der Waals surface area (Å²) in [5.74, 6) is -0.229. The zero-order chi connectivity index (χ0) is 15.3. The predicted molar refractivity (Wildman–Crippen MR) is 90.5 cm³/mol. The largest absolute Gasteiger partial charge is 0.329 e. The van der Waals surface area contributed by atoms with Crippen LogP contribution in [0.1, 0.15) is 18.0 Å². The van der Waals surface area contributed by atoms with E-state index in [-0.39, 0.29) is 31.1 Å². The van der Waals surface area contributed by atoms with Gasteiger partial charge >= 0.3 is 0 Å². The summed E-state index contributed by atoms with van der Waals surface area (Å²) in [6.07, 6.45) is -0.00958. The molecule has 0 bridgehead atoms. The second kappa shape index (κ2) is 8.43. The van der Waals surface area contributed by atoms with Crippen molar-refractivity contribution in [3.63, 3.8) is 0 Å². The zero-order valence-electron chi connectivity index (χ0n) is 12.0. The lowest BCUT2D eigenvalue weighted by Crippen LogP contribution is -2.35. The number of benzene rings is 2. The molecule has 0 aliphatic rings. The molecule has 2 rings (SSSR count). The fourth-order valence-electron chi connectivity index (χ4n) is 2.20. The van der Waals surface area contributed by atoms with Gasteiger partial charge in [0.2, 0.25) is 10.0 Å². The van der Waals surface area contributed by atoms with Gasteiger partial charge in [0.05, 0.1) is 18.5 Å². The fraction of sp³-hybridized carbons (Fsp3) is 0.333. The molecule has 0 aliphatic heterocycles. The van der Waals surface area contributed by atoms with Gasteiger partial charge in [-0.05, 0) is 28.8 Å². The summed E-state index contributed by atoms with van der Waals surface area (Å²) in [5, 5.41) is 2.11. The standard InChI is InChI=1S/C15H19FN2O2S.ClH/c16-8-3-9-21(19,20)18-15(11-17)14-7-6-12-4-1-2-5-13(12)10-14;/h1-2,4-7,10,15,18H,3,8-9,11,17H2;1H. The second-order valence-electron chi connectivity index (χ2n) is 4.87. The van der Waals surface area contributed by atoms with Crippen LogP contribution in [0.5, 0.6) is 0 Å². The lowest BCUT2D eigenvalue weighted by Gasteiger charge is -2.18. The Bertz CT molecular complexity index is 710. The van der Waals surface area contributed by atoms with Crippen LogP contribution in [0.4, 0.5) is 4.39 Å². The van der Waals surface area contributed by atoms with Gasteiger partial charge in [-0.2, -0.15) is 0 Å². The first-order valence-corrected chi connectivity index (χ1v) is 8.45. The van der Waals surface area contributed by atoms with Gasteiger partial charge in [-0.1, -0.05) is 36.4 Å². The number of hydrogen-bond donors (Lipinski definition) is 2. The van der Waals surface area contributed by atoms with Crippen molar-refractivity contribution in [3.8, 4) is 0 Å². The average molecular weight is 347 g/mol. The van der Waals surface area contributed by atoms with Crippen molar-refractivity contribution in [2.45, 2.75) is 12.5 Å². The molecule has 122 valence electrons. The van der Waals surface area contributed by atoms with E-state index in [1.54, 1.807) is 0 Å². The first kappa shape index (κ1) is 18.8. The number of nitrogens with two attached hydrogens (primary N) is 1. The SMILES string of the molecule is Cl.NCC(NS(=O)(=O)CCCF)c1ccc2ccccc2c1. The summed E-state index contributed by atoms with van der Waals surface area (Å²) in [6.45, 7) is -0.503. The van der Waals surface area contributed by atoms with Crippen LogP contribution in [0.25, 0.3) is 10.8 Å². The molecule has 0 saturated heterocycles. The first-order valence-electron chi connectivity index (χ1n) is 6.80. The molecule has 2 aromatic rings. The summed E-state index contributed by atoms with van der Waals surface area (Å²) in [6, 6.07) is 13.0. The monoisotopic (exact) mass is 346 g/mol. The number of hydrogen-bond acceptors (Lipinski definition) is 3. The Morgan fingerprint density at radius 2 is 1.82 bits per heavy atom. The van der Waals surface area contributed by atoms with E-state index in [1.807, 2.05) is 42.5 Å². The zero-order valence-corrected chi connectivity index (χ0v) is 13.7. The molecule has 1 unspecified atom stereocenters. The highest BCUT2D eigenvalue weighted by molar-refractivity contribution is 7.89. The van der Waals surface area contributed by atoms with Gasteiger partial charge in [-0.25, -0.2) is 13.1 Å². The van der Waals surface area contributed by atoms with Gasteiger partial charge in [0.15, 0.2) is 0 Å². The van der Waals surface area contributed by atoms with Crippen molar-refractivity contribution in [2.75, 3.05) is 19.0 Å². The maximum atomic E-state index is 12.1. The van der Waals surface area contributed by atoms with E-state index in [1.165, 1.54) is 0 Å². The molecule has 0 spiro atoms. The van der Waals surface area contributed by atoms with E-state index < -0.39 is 22.7 Å². The number of rotatable bonds is 7.